The molecular weight excluding hydrogens is 370 g/mol. The van der Waals surface area contributed by atoms with Gasteiger partial charge in [-0.3, -0.25) is 9.59 Å². The number of nitrogens with one attached hydrogen (secondary N) is 1. The normalized spacial score (nSPS) is 23.8. The molecule has 1 N–H and O–H groups in total. The third-order valence-corrected chi connectivity index (χ3v) is 5.54. The van der Waals surface area contributed by atoms with Gasteiger partial charge in [0.15, 0.2) is 0 Å². The van der Waals surface area contributed by atoms with Crippen molar-refractivity contribution in [2.45, 2.75) is 32.2 Å². The van der Waals surface area contributed by atoms with Gasteiger partial charge >= 0.3 is 0 Å². The van der Waals surface area contributed by atoms with Crippen molar-refractivity contribution in [1.82, 2.24) is 10.2 Å². The molecule has 2 heterocycles. The molecule has 2 atom stereocenters. The Bertz CT molecular complexity index is 616. The molecule has 3 rings (SSSR count). The number of para-hydroxylation sites is 1. The van der Waals surface area contributed by atoms with Crippen LogP contribution in [0.1, 0.15) is 26.2 Å². The first kappa shape index (κ1) is 17.4. The van der Waals surface area contributed by atoms with E-state index in [1.54, 1.807) is 4.90 Å². The van der Waals surface area contributed by atoms with E-state index in [-0.39, 0.29) is 17.9 Å². The lowest BCUT2D eigenvalue weighted by Crippen LogP contribution is -2.47. The minimum absolute atomic E-state index is 0.00473. The van der Waals surface area contributed by atoms with Crippen LogP contribution in [0.4, 0.5) is 5.69 Å². The Hall–Kier alpha value is -1.40. The number of rotatable bonds is 5. The molecule has 0 aliphatic carbocycles. The average Bonchev–Trinajstić information content (AvgIpc) is 3.22. The molecule has 5 nitrogen and oxygen atoms in total. The van der Waals surface area contributed by atoms with Crippen molar-refractivity contribution in [3.63, 3.8) is 0 Å². The van der Waals surface area contributed by atoms with Gasteiger partial charge in [-0.05, 0) is 53.9 Å². The molecule has 0 aromatic heterocycles. The molecule has 0 radical (unpaired) electrons. The fourth-order valence-electron chi connectivity index (χ4n) is 3.64. The molecule has 2 aliphatic heterocycles. The predicted molar refractivity (Wildman–Crippen MR) is 97.9 cm³/mol. The molecule has 130 valence electrons. The Labute approximate surface area is 151 Å². The summed E-state index contributed by atoms with van der Waals surface area (Å²) in [6.45, 7) is 5.18. The first-order chi connectivity index (χ1) is 11.6. The minimum Gasteiger partial charge on any atom is -0.338 e. The summed E-state index contributed by atoms with van der Waals surface area (Å²) >= 11 is 3.50. The van der Waals surface area contributed by atoms with Crippen LogP contribution in [-0.2, 0) is 9.59 Å². The van der Waals surface area contributed by atoms with Crippen LogP contribution in [-0.4, -0.2) is 48.9 Å². The topological polar surface area (TPSA) is 52.7 Å². The number of benzene rings is 1. The van der Waals surface area contributed by atoms with Gasteiger partial charge in [-0.15, -0.1) is 0 Å². The van der Waals surface area contributed by atoms with Gasteiger partial charge in [0.05, 0.1) is 5.69 Å². The van der Waals surface area contributed by atoms with Crippen molar-refractivity contribution in [3.05, 3.63) is 28.7 Å². The molecule has 0 saturated carbocycles. The summed E-state index contributed by atoms with van der Waals surface area (Å²) in [5.74, 6) is -0.603. The lowest BCUT2D eigenvalue weighted by molar-refractivity contribution is -0.141. The van der Waals surface area contributed by atoms with E-state index in [0.717, 1.165) is 42.6 Å². The highest BCUT2D eigenvalue weighted by molar-refractivity contribution is 9.10. The van der Waals surface area contributed by atoms with Crippen LogP contribution < -0.4 is 10.2 Å². The Morgan fingerprint density at radius 3 is 2.83 bits per heavy atom. The highest BCUT2D eigenvalue weighted by atomic mass is 79.9. The molecule has 2 amide bonds. The largest absolute Gasteiger partial charge is 0.338 e. The van der Waals surface area contributed by atoms with Crippen LogP contribution in [0.5, 0.6) is 0 Å². The zero-order chi connectivity index (χ0) is 17.1. The van der Waals surface area contributed by atoms with E-state index in [9.17, 15) is 9.59 Å². The monoisotopic (exact) mass is 393 g/mol. The number of hydrogen-bond donors (Lipinski definition) is 1. The lowest BCUT2D eigenvalue weighted by atomic mass is 10.0. The Morgan fingerprint density at radius 1 is 1.38 bits per heavy atom. The molecule has 6 heteroatoms. The molecule has 2 unspecified atom stereocenters. The van der Waals surface area contributed by atoms with Crippen LogP contribution in [0.15, 0.2) is 28.7 Å². The quantitative estimate of drug-likeness (QED) is 0.781. The second-order valence-electron chi connectivity index (χ2n) is 6.46. The Morgan fingerprint density at radius 2 is 2.17 bits per heavy atom. The highest BCUT2D eigenvalue weighted by Crippen LogP contribution is 2.32. The number of carbonyl (C=O) groups is 2. The van der Waals surface area contributed by atoms with E-state index in [2.05, 4.69) is 28.2 Å². The number of halogens is 1. The fourth-order valence-corrected chi connectivity index (χ4v) is 4.14. The van der Waals surface area contributed by atoms with Gasteiger partial charge in [0.1, 0.15) is 5.92 Å². The van der Waals surface area contributed by atoms with Gasteiger partial charge in [-0.25, -0.2) is 0 Å². The lowest BCUT2D eigenvalue weighted by Gasteiger charge is -2.30. The number of nitrogens with zero attached hydrogens (tertiary/aromatic N) is 2. The number of amides is 2. The average molecular weight is 394 g/mol. The molecule has 1 aromatic carbocycles. The van der Waals surface area contributed by atoms with Crippen LogP contribution >= 0.6 is 15.9 Å². The smallest absolute Gasteiger partial charge is 0.239 e. The van der Waals surface area contributed by atoms with E-state index < -0.39 is 5.92 Å². The van der Waals surface area contributed by atoms with Crippen molar-refractivity contribution in [3.8, 4) is 0 Å². The van der Waals surface area contributed by atoms with E-state index in [0.29, 0.717) is 13.0 Å². The first-order valence-corrected chi connectivity index (χ1v) is 9.50. The zero-order valence-electron chi connectivity index (χ0n) is 14.0. The van der Waals surface area contributed by atoms with Gasteiger partial charge in [-0.1, -0.05) is 19.1 Å². The van der Waals surface area contributed by atoms with Crippen LogP contribution in [0, 0.1) is 5.92 Å². The maximum absolute atomic E-state index is 13.0. The highest BCUT2D eigenvalue weighted by Gasteiger charge is 2.41. The molecule has 1 aromatic rings. The molecular formula is C18H24BrN3O2. The molecule has 24 heavy (non-hydrogen) atoms. The van der Waals surface area contributed by atoms with Gasteiger partial charge in [0.2, 0.25) is 11.8 Å². The molecule has 2 aliphatic rings. The summed E-state index contributed by atoms with van der Waals surface area (Å²) in [6, 6.07) is 7.90. The van der Waals surface area contributed by atoms with Crippen molar-refractivity contribution in [2.75, 3.05) is 31.1 Å². The standard InChI is InChI=1S/C18H24BrN3O2/c1-2-10-21(13-7-9-20-12-13)17(23)14-8-11-22(18(14)24)16-6-4-3-5-15(16)19/h3-6,13-14,20H,2,7-12H2,1H3. The van der Waals surface area contributed by atoms with Crippen molar-refractivity contribution in [2.24, 2.45) is 5.92 Å². The second kappa shape index (κ2) is 7.66. The third kappa shape index (κ3) is 3.35. The molecule has 2 fully saturated rings. The van der Waals surface area contributed by atoms with Crippen LogP contribution in [0.3, 0.4) is 0 Å². The van der Waals surface area contributed by atoms with Gasteiger partial charge in [-0.2, -0.15) is 0 Å². The molecule has 2 saturated heterocycles. The first-order valence-electron chi connectivity index (χ1n) is 8.70. The maximum atomic E-state index is 13.0. The van der Waals surface area contributed by atoms with Gasteiger partial charge in [0.25, 0.3) is 0 Å². The number of anilines is 1. The number of carbonyl (C=O) groups excluding carboxylic acids is 2. The van der Waals surface area contributed by atoms with Crippen LogP contribution in [0.2, 0.25) is 0 Å². The van der Waals surface area contributed by atoms with E-state index >= 15 is 0 Å². The molecule has 0 spiro atoms. The SMILES string of the molecule is CCCN(C(=O)C1CCN(c2ccccc2Br)C1=O)C1CCNC1. The van der Waals surface area contributed by atoms with Crippen molar-refractivity contribution in [1.29, 1.82) is 0 Å². The minimum atomic E-state index is -0.538. The third-order valence-electron chi connectivity index (χ3n) is 4.87. The number of hydrogen-bond acceptors (Lipinski definition) is 3. The Kier molecular flexibility index (Phi) is 5.56. The zero-order valence-corrected chi connectivity index (χ0v) is 15.6. The van der Waals surface area contributed by atoms with Gasteiger partial charge < -0.3 is 15.1 Å². The summed E-state index contributed by atoms with van der Waals surface area (Å²) in [5.41, 5.74) is 0.849. The Balaban J connectivity index is 1.76. The summed E-state index contributed by atoms with van der Waals surface area (Å²) in [6.07, 6.45) is 2.48. The summed E-state index contributed by atoms with van der Waals surface area (Å²) in [7, 11) is 0. The fraction of sp³-hybridized carbons (Fsp3) is 0.556. The van der Waals surface area contributed by atoms with Gasteiger partial charge in [0, 0.05) is 30.1 Å². The van der Waals surface area contributed by atoms with Crippen LogP contribution in [0.25, 0.3) is 0 Å². The molecule has 0 bridgehead atoms. The summed E-state index contributed by atoms with van der Waals surface area (Å²) in [5, 5.41) is 3.31. The van der Waals surface area contributed by atoms with E-state index in [1.807, 2.05) is 29.2 Å². The maximum Gasteiger partial charge on any atom is 0.239 e. The van der Waals surface area contributed by atoms with Crippen molar-refractivity contribution < 1.29 is 9.59 Å². The van der Waals surface area contributed by atoms with Crippen molar-refractivity contribution >= 4 is 33.4 Å². The second-order valence-corrected chi connectivity index (χ2v) is 7.32. The predicted octanol–water partition coefficient (Wildman–Crippen LogP) is 2.40. The summed E-state index contributed by atoms with van der Waals surface area (Å²) < 4.78 is 0.886. The summed E-state index contributed by atoms with van der Waals surface area (Å²) in [4.78, 5) is 29.6. The van der Waals surface area contributed by atoms with E-state index in [4.69, 9.17) is 0 Å². The van der Waals surface area contributed by atoms with E-state index in [1.165, 1.54) is 0 Å².